The van der Waals surface area contributed by atoms with E-state index in [1.807, 2.05) is 12.1 Å². The highest BCUT2D eigenvalue weighted by molar-refractivity contribution is 5.26. The third-order valence-electron chi connectivity index (χ3n) is 3.12. The molecule has 0 aliphatic heterocycles. The van der Waals surface area contributed by atoms with Crippen LogP contribution in [0.1, 0.15) is 19.4 Å². The maximum atomic E-state index is 5.59. The van der Waals surface area contributed by atoms with Crippen LogP contribution in [0.2, 0.25) is 0 Å². The Bertz CT molecular complexity index is 307. The summed E-state index contributed by atoms with van der Waals surface area (Å²) in [5, 5.41) is 0. The van der Waals surface area contributed by atoms with Crippen LogP contribution >= 0.6 is 0 Å². The predicted octanol–water partition coefficient (Wildman–Crippen LogP) is 1.32. The van der Waals surface area contributed by atoms with Crippen LogP contribution in [0, 0.1) is 6.92 Å². The number of hydrogen-bond acceptors (Lipinski definition) is 2. The van der Waals surface area contributed by atoms with Crippen LogP contribution in [0.25, 0.3) is 0 Å². The van der Waals surface area contributed by atoms with Crippen LogP contribution in [-0.4, -0.2) is 39.5 Å². The van der Waals surface area contributed by atoms with Crippen molar-refractivity contribution in [1.82, 2.24) is 0 Å². The van der Waals surface area contributed by atoms with Crippen molar-refractivity contribution in [3.8, 4) is 5.75 Å². The van der Waals surface area contributed by atoms with Crippen molar-refractivity contribution in [2.45, 2.75) is 20.8 Å². The van der Waals surface area contributed by atoms with Gasteiger partial charge in [-0.15, -0.1) is 0 Å². The molecule has 3 nitrogen and oxygen atoms in total. The summed E-state index contributed by atoms with van der Waals surface area (Å²) in [5.74, 6) is 0.915. The SMILES string of the molecule is CC[NH+](CC)CCOCCOc1ccc(C)cc1. The van der Waals surface area contributed by atoms with Crippen LogP contribution < -0.4 is 9.64 Å². The maximum Gasteiger partial charge on any atom is 0.119 e. The van der Waals surface area contributed by atoms with Gasteiger partial charge >= 0.3 is 0 Å². The molecule has 0 radical (unpaired) electrons. The largest absolute Gasteiger partial charge is 0.491 e. The molecule has 1 rings (SSSR count). The van der Waals surface area contributed by atoms with Crippen LogP contribution in [-0.2, 0) is 4.74 Å². The summed E-state index contributed by atoms with van der Waals surface area (Å²) in [4.78, 5) is 1.58. The molecule has 0 amide bonds. The first-order chi connectivity index (χ1) is 8.76. The lowest BCUT2D eigenvalue weighted by Crippen LogP contribution is -3.11. The van der Waals surface area contributed by atoms with E-state index in [4.69, 9.17) is 9.47 Å². The predicted molar refractivity (Wildman–Crippen MR) is 74.4 cm³/mol. The van der Waals surface area contributed by atoms with E-state index in [-0.39, 0.29) is 0 Å². The zero-order valence-corrected chi connectivity index (χ0v) is 11.9. The third kappa shape index (κ3) is 6.03. The van der Waals surface area contributed by atoms with Gasteiger partial charge in [0.2, 0.25) is 0 Å². The number of quaternary nitrogens is 1. The number of hydrogen-bond donors (Lipinski definition) is 1. The average Bonchev–Trinajstić information content (AvgIpc) is 2.40. The molecule has 0 unspecified atom stereocenters. The molecule has 0 aliphatic carbocycles. The summed E-state index contributed by atoms with van der Waals surface area (Å²) in [6.45, 7) is 12.0. The summed E-state index contributed by atoms with van der Waals surface area (Å²) < 4.78 is 11.2. The minimum absolute atomic E-state index is 0.622. The highest BCUT2D eigenvalue weighted by atomic mass is 16.5. The Morgan fingerprint density at radius 1 is 0.944 bits per heavy atom. The third-order valence-corrected chi connectivity index (χ3v) is 3.12. The second-order valence-corrected chi connectivity index (χ2v) is 4.48. The second-order valence-electron chi connectivity index (χ2n) is 4.48. The van der Waals surface area contributed by atoms with Gasteiger partial charge in [-0.1, -0.05) is 17.7 Å². The van der Waals surface area contributed by atoms with Gasteiger partial charge in [0.25, 0.3) is 0 Å². The quantitative estimate of drug-likeness (QED) is 0.670. The Kier molecular flexibility index (Phi) is 7.46. The lowest BCUT2D eigenvalue weighted by atomic mass is 10.2. The molecule has 0 spiro atoms. The fourth-order valence-electron chi connectivity index (χ4n) is 1.78. The lowest BCUT2D eigenvalue weighted by Gasteiger charge is -2.15. The highest BCUT2D eigenvalue weighted by Gasteiger charge is 2.01. The number of ether oxygens (including phenoxy) is 2. The highest BCUT2D eigenvalue weighted by Crippen LogP contribution is 2.10. The van der Waals surface area contributed by atoms with Gasteiger partial charge in [0.15, 0.2) is 0 Å². The molecule has 18 heavy (non-hydrogen) atoms. The Morgan fingerprint density at radius 3 is 2.22 bits per heavy atom. The average molecular weight is 252 g/mol. The smallest absolute Gasteiger partial charge is 0.119 e. The van der Waals surface area contributed by atoms with Gasteiger partial charge in [0.1, 0.15) is 18.9 Å². The van der Waals surface area contributed by atoms with Crippen molar-refractivity contribution in [3.63, 3.8) is 0 Å². The van der Waals surface area contributed by atoms with E-state index in [0.29, 0.717) is 13.2 Å². The lowest BCUT2D eigenvalue weighted by molar-refractivity contribution is -0.896. The number of nitrogens with one attached hydrogen (secondary N) is 1. The van der Waals surface area contributed by atoms with Crippen molar-refractivity contribution in [2.24, 2.45) is 0 Å². The van der Waals surface area contributed by atoms with Gasteiger partial charge in [-0.3, -0.25) is 0 Å². The first-order valence-electron chi connectivity index (χ1n) is 6.87. The van der Waals surface area contributed by atoms with E-state index in [1.165, 1.54) is 18.7 Å². The molecule has 0 saturated carbocycles. The molecule has 0 heterocycles. The molecule has 0 atom stereocenters. The maximum absolute atomic E-state index is 5.59. The standard InChI is InChI=1S/C15H25NO2/c1-4-16(5-2)10-11-17-12-13-18-15-8-6-14(3)7-9-15/h6-9H,4-5,10-13H2,1-3H3/p+1. The van der Waals surface area contributed by atoms with Crippen LogP contribution in [0.3, 0.4) is 0 Å². The topological polar surface area (TPSA) is 22.9 Å². The fourth-order valence-corrected chi connectivity index (χ4v) is 1.78. The van der Waals surface area contributed by atoms with E-state index >= 15 is 0 Å². The molecule has 0 saturated heterocycles. The van der Waals surface area contributed by atoms with Crippen LogP contribution in [0.4, 0.5) is 0 Å². The van der Waals surface area contributed by atoms with Crippen LogP contribution in [0.15, 0.2) is 24.3 Å². The van der Waals surface area contributed by atoms with Gasteiger partial charge in [0.05, 0.1) is 26.3 Å². The molecule has 102 valence electrons. The molecule has 0 fully saturated rings. The van der Waals surface area contributed by atoms with Crippen molar-refractivity contribution in [1.29, 1.82) is 0 Å². The van der Waals surface area contributed by atoms with E-state index in [1.54, 1.807) is 4.90 Å². The Balaban J connectivity index is 2.03. The molecule has 3 heteroatoms. The first-order valence-corrected chi connectivity index (χ1v) is 6.87. The Morgan fingerprint density at radius 2 is 1.61 bits per heavy atom. The Hall–Kier alpha value is -1.06. The van der Waals surface area contributed by atoms with Crippen LogP contribution in [0.5, 0.6) is 5.75 Å². The number of rotatable bonds is 9. The summed E-state index contributed by atoms with van der Waals surface area (Å²) in [5.41, 5.74) is 1.25. The van der Waals surface area contributed by atoms with Crippen molar-refractivity contribution >= 4 is 0 Å². The molecule has 0 bridgehead atoms. The van der Waals surface area contributed by atoms with E-state index in [2.05, 4.69) is 32.9 Å². The summed E-state index contributed by atoms with van der Waals surface area (Å²) in [7, 11) is 0. The van der Waals surface area contributed by atoms with Crippen molar-refractivity contribution < 1.29 is 14.4 Å². The molecular weight excluding hydrogens is 226 g/mol. The number of benzene rings is 1. The van der Waals surface area contributed by atoms with Gasteiger partial charge in [0, 0.05) is 0 Å². The van der Waals surface area contributed by atoms with E-state index < -0.39 is 0 Å². The van der Waals surface area contributed by atoms with Crippen molar-refractivity contribution in [2.75, 3.05) is 39.5 Å². The van der Waals surface area contributed by atoms with E-state index in [9.17, 15) is 0 Å². The van der Waals surface area contributed by atoms with Gasteiger partial charge < -0.3 is 14.4 Å². The second kappa shape index (κ2) is 8.95. The molecule has 0 aromatic heterocycles. The first kappa shape index (κ1) is 15.0. The normalized spacial score (nSPS) is 10.9. The molecule has 1 aromatic carbocycles. The molecule has 1 N–H and O–H groups in total. The zero-order valence-electron chi connectivity index (χ0n) is 11.9. The number of likely N-dealkylation sites (N-methyl/N-ethyl adjacent to an activating group) is 1. The number of aryl methyl sites for hydroxylation is 1. The molecular formula is C15H26NO2+. The van der Waals surface area contributed by atoms with Gasteiger partial charge in [-0.2, -0.15) is 0 Å². The summed E-state index contributed by atoms with van der Waals surface area (Å²) >= 11 is 0. The van der Waals surface area contributed by atoms with E-state index in [0.717, 1.165) is 18.9 Å². The Labute approximate surface area is 111 Å². The molecule has 1 aromatic rings. The minimum atomic E-state index is 0.622. The fraction of sp³-hybridized carbons (Fsp3) is 0.600. The molecule has 0 aliphatic rings. The van der Waals surface area contributed by atoms with Gasteiger partial charge in [-0.05, 0) is 32.9 Å². The monoisotopic (exact) mass is 252 g/mol. The van der Waals surface area contributed by atoms with Crippen molar-refractivity contribution in [3.05, 3.63) is 29.8 Å². The summed E-state index contributed by atoms with van der Waals surface area (Å²) in [6.07, 6.45) is 0. The minimum Gasteiger partial charge on any atom is -0.491 e. The summed E-state index contributed by atoms with van der Waals surface area (Å²) in [6, 6.07) is 8.10. The van der Waals surface area contributed by atoms with Gasteiger partial charge in [-0.25, -0.2) is 0 Å². The zero-order chi connectivity index (χ0) is 13.2.